The van der Waals surface area contributed by atoms with Gasteiger partial charge >= 0.3 is 0 Å². The Morgan fingerprint density at radius 2 is 1.81 bits per heavy atom. The molecule has 1 aromatic heterocycles. The number of carbonyl (C=O) groups excluding carboxylic acids is 3. The molecule has 0 radical (unpaired) electrons. The Bertz CT molecular complexity index is 971. The number of benzene rings is 1. The highest BCUT2D eigenvalue weighted by Crippen LogP contribution is 2.53. The predicted octanol–water partition coefficient (Wildman–Crippen LogP) is 3.97. The molecule has 3 aliphatic rings. The van der Waals surface area contributed by atoms with Crippen LogP contribution < -0.4 is 10.2 Å². The highest BCUT2D eigenvalue weighted by atomic mass is 35.5. The van der Waals surface area contributed by atoms with Crippen molar-refractivity contribution in [3.63, 3.8) is 0 Å². The molecular weight excluding hydrogens is 384 g/mol. The molecule has 5 nitrogen and oxygen atoms in total. The Balaban J connectivity index is 1.40. The minimum atomic E-state index is -0.246. The highest BCUT2D eigenvalue weighted by Gasteiger charge is 2.59. The molecule has 1 N–H and O–H groups in total. The number of hydrogen-bond donors (Lipinski definition) is 1. The van der Waals surface area contributed by atoms with Crippen molar-refractivity contribution >= 4 is 52.0 Å². The van der Waals surface area contributed by atoms with E-state index in [1.807, 2.05) is 5.38 Å². The van der Waals surface area contributed by atoms with E-state index in [0.717, 1.165) is 6.42 Å². The van der Waals surface area contributed by atoms with E-state index in [2.05, 4.69) is 17.5 Å². The third-order valence-electron chi connectivity index (χ3n) is 5.67. The van der Waals surface area contributed by atoms with Crippen molar-refractivity contribution in [2.75, 3.05) is 10.2 Å². The summed E-state index contributed by atoms with van der Waals surface area (Å²) in [5, 5.41) is 4.87. The van der Waals surface area contributed by atoms with Crippen molar-refractivity contribution in [2.45, 2.75) is 6.42 Å². The summed E-state index contributed by atoms with van der Waals surface area (Å²) in [6.45, 7) is 0. The van der Waals surface area contributed by atoms with E-state index in [1.165, 1.54) is 16.2 Å². The van der Waals surface area contributed by atoms with E-state index >= 15 is 0 Å². The maximum absolute atomic E-state index is 12.9. The van der Waals surface area contributed by atoms with E-state index < -0.39 is 0 Å². The number of carbonyl (C=O) groups is 3. The van der Waals surface area contributed by atoms with Crippen LogP contribution in [0.4, 0.5) is 11.4 Å². The first kappa shape index (κ1) is 16.7. The second-order valence-corrected chi connectivity index (χ2v) is 8.46. The van der Waals surface area contributed by atoms with Crippen LogP contribution in [0.25, 0.3) is 0 Å². The summed E-state index contributed by atoms with van der Waals surface area (Å²) in [5.41, 5.74) is 0.901. The van der Waals surface area contributed by atoms with Gasteiger partial charge in [0.05, 0.1) is 33.1 Å². The number of nitrogens with one attached hydrogen (secondary N) is 1. The number of nitrogens with zero attached hydrogens (tertiary/aromatic N) is 1. The number of rotatable bonds is 3. The number of amides is 3. The lowest BCUT2D eigenvalue weighted by atomic mass is 9.85. The van der Waals surface area contributed by atoms with Crippen LogP contribution in [0.1, 0.15) is 16.1 Å². The Labute approximate surface area is 164 Å². The van der Waals surface area contributed by atoms with Crippen LogP contribution >= 0.6 is 22.9 Å². The van der Waals surface area contributed by atoms with Crippen LogP contribution in [0.5, 0.6) is 0 Å². The van der Waals surface area contributed by atoms with Gasteiger partial charge in [-0.3, -0.25) is 14.4 Å². The van der Waals surface area contributed by atoms with Gasteiger partial charge in [-0.1, -0.05) is 29.8 Å². The molecule has 2 fully saturated rings. The first-order chi connectivity index (χ1) is 13.0. The van der Waals surface area contributed by atoms with E-state index in [0.29, 0.717) is 16.3 Å². The molecule has 27 heavy (non-hydrogen) atoms. The standard InChI is InChI=1S/C20H15ClN2O3S/c21-13-9-12(5-6-14(13)22-18(24)15-2-1-7-27-15)23-19(25)16-10-3-4-11(8-10)17(16)20(23)26/h1-7,9-11,16-17H,8H2,(H,22,24)/t10-,11+,16-,17+. The Morgan fingerprint density at radius 1 is 1.11 bits per heavy atom. The monoisotopic (exact) mass is 398 g/mol. The lowest BCUT2D eigenvalue weighted by molar-refractivity contribution is -0.123. The number of anilines is 2. The van der Waals surface area contributed by atoms with Crippen molar-refractivity contribution < 1.29 is 14.4 Å². The minimum absolute atomic E-state index is 0.145. The van der Waals surface area contributed by atoms with Crippen molar-refractivity contribution in [1.29, 1.82) is 0 Å². The van der Waals surface area contributed by atoms with Crippen molar-refractivity contribution in [3.8, 4) is 0 Å². The van der Waals surface area contributed by atoms with Gasteiger partial charge < -0.3 is 5.32 Å². The van der Waals surface area contributed by atoms with Gasteiger partial charge in [0, 0.05) is 0 Å². The molecule has 136 valence electrons. The van der Waals surface area contributed by atoms with Crippen LogP contribution in [-0.2, 0) is 9.59 Å². The van der Waals surface area contributed by atoms with Crippen molar-refractivity contribution in [1.82, 2.24) is 0 Å². The zero-order valence-corrected chi connectivity index (χ0v) is 15.7. The second kappa shape index (κ2) is 6.04. The zero-order valence-electron chi connectivity index (χ0n) is 14.1. The van der Waals surface area contributed by atoms with Gasteiger partial charge in [-0.05, 0) is 47.9 Å². The summed E-state index contributed by atoms with van der Waals surface area (Å²) >= 11 is 7.66. The zero-order chi connectivity index (χ0) is 18.7. The van der Waals surface area contributed by atoms with Crippen LogP contribution in [0.15, 0.2) is 47.9 Å². The first-order valence-electron chi connectivity index (χ1n) is 8.75. The smallest absolute Gasteiger partial charge is 0.265 e. The molecule has 1 saturated heterocycles. The van der Waals surface area contributed by atoms with Crippen LogP contribution in [0, 0.1) is 23.7 Å². The minimum Gasteiger partial charge on any atom is -0.320 e. The lowest BCUT2D eigenvalue weighted by Gasteiger charge is -2.18. The SMILES string of the molecule is O=C(Nc1ccc(N2C(=O)[C@@H]3[C@H](C2=O)[C@@H]2C=C[C@H]3C2)cc1Cl)c1cccs1. The maximum atomic E-state index is 12.9. The normalized spacial score (nSPS) is 28.1. The van der Waals surface area contributed by atoms with Crippen LogP contribution in [-0.4, -0.2) is 17.7 Å². The Kier molecular flexibility index (Phi) is 3.74. The van der Waals surface area contributed by atoms with Gasteiger partial charge in [0.2, 0.25) is 11.8 Å². The summed E-state index contributed by atoms with van der Waals surface area (Å²) in [5.74, 6) is -0.691. The lowest BCUT2D eigenvalue weighted by Crippen LogP contribution is -2.32. The Morgan fingerprint density at radius 3 is 2.41 bits per heavy atom. The molecule has 3 amide bonds. The van der Waals surface area contributed by atoms with Crippen LogP contribution in [0.2, 0.25) is 5.02 Å². The van der Waals surface area contributed by atoms with Gasteiger partial charge in [-0.2, -0.15) is 0 Å². The molecule has 1 saturated carbocycles. The van der Waals surface area contributed by atoms with Gasteiger partial charge in [0.15, 0.2) is 0 Å². The summed E-state index contributed by atoms with van der Waals surface area (Å²) in [6.07, 6.45) is 5.03. The average Bonchev–Trinajstić information content (AvgIpc) is 3.42. The fourth-order valence-electron chi connectivity index (χ4n) is 4.49. The number of allylic oxidation sites excluding steroid dienone is 2. The topological polar surface area (TPSA) is 66.5 Å². The van der Waals surface area contributed by atoms with Gasteiger partial charge in [-0.15, -0.1) is 11.3 Å². The average molecular weight is 399 g/mol. The third-order valence-corrected chi connectivity index (χ3v) is 6.86. The highest BCUT2D eigenvalue weighted by molar-refractivity contribution is 7.12. The molecule has 4 atom stereocenters. The number of fused-ring (bicyclic) bond motifs is 5. The fraction of sp³-hybridized carbons (Fsp3) is 0.250. The number of halogens is 1. The first-order valence-corrected chi connectivity index (χ1v) is 10.0. The van der Waals surface area contributed by atoms with E-state index in [9.17, 15) is 14.4 Å². The summed E-state index contributed by atoms with van der Waals surface area (Å²) in [7, 11) is 0. The van der Waals surface area contributed by atoms with Crippen LogP contribution in [0.3, 0.4) is 0 Å². The third kappa shape index (κ3) is 2.47. The number of thiophene rings is 1. The van der Waals surface area contributed by atoms with Gasteiger partial charge in [0.1, 0.15) is 0 Å². The summed E-state index contributed by atoms with van der Waals surface area (Å²) in [6, 6.07) is 8.38. The quantitative estimate of drug-likeness (QED) is 0.628. The summed E-state index contributed by atoms with van der Waals surface area (Å²) in [4.78, 5) is 39.8. The predicted molar refractivity (Wildman–Crippen MR) is 104 cm³/mol. The molecule has 0 spiro atoms. The van der Waals surface area contributed by atoms with Crippen molar-refractivity contribution in [2.24, 2.45) is 23.7 Å². The second-order valence-electron chi connectivity index (χ2n) is 7.11. The molecular formula is C20H15ClN2O3S. The summed E-state index contributed by atoms with van der Waals surface area (Å²) < 4.78 is 0. The van der Waals surface area contributed by atoms with E-state index in [-0.39, 0.29) is 46.4 Å². The molecule has 1 aliphatic heterocycles. The molecule has 2 aromatic rings. The maximum Gasteiger partial charge on any atom is 0.265 e. The molecule has 2 heterocycles. The van der Waals surface area contributed by atoms with Crippen molar-refractivity contribution in [3.05, 3.63) is 57.8 Å². The number of imide groups is 1. The van der Waals surface area contributed by atoms with E-state index in [4.69, 9.17) is 11.6 Å². The fourth-order valence-corrected chi connectivity index (χ4v) is 5.33. The number of hydrogen-bond acceptors (Lipinski definition) is 4. The molecule has 2 aliphatic carbocycles. The Hall–Kier alpha value is -2.44. The van der Waals surface area contributed by atoms with Gasteiger partial charge in [0.25, 0.3) is 5.91 Å². The molecule has 7 heteroatoms. The largest absolute Gasteiger partial charge is 0.320 e. The molecule has 5 rings (SSSR count). The molecule has 0 unspecified atom stereocenters. The molecule has 1 aromatic carbocycles. The molecule has 2 bridgehead atoms. The van der Waals surface area contributed by atoms with E-state index in [1.54, 1.807) is 30.3 Å². The van der Waals surface area contributed by atoms with Gasteiger partial charge in [-0.25, -0.2) is 4.90 Å².